The topological polar surface area (TPSA) is 73.1 Å². The van der Waals surface area contributed by atoms with Crippen LogP contribution in [0, 0.1) is 6.92 Å². The van der Waals surface area contributed by atoms with E-state index in [9.17, 15) is 14.4 Å². The van der Waals surface area contributed by atoms with Crippen molar-refractivity contribution in [3.63, 3.8) is 0 Å². The molecule has 0 aliphatic heterocycles. The summed E-state index contributed by atoms with van der Waals surface area (Å²) in [4.78, 5) is 38.7. The Morgan fingerprint density at radius 1 is 1.18 bits per heavy atom. The van der Waals surface area contributed by atoms with Crippen LogP contribution in [0.2, 0.25) is 5.02 Å². The number of halogens is 1. The van der Waals surface area contributed by atoms with Crippen molar-refractivity contribution in [1.82, 2.24) is 14.5 Å². The van der Waals surface area contributed by atoms with Gasteiger partial charge in [-0.1, -0.05) is 30.7 Å². The van der Waals surface area contributed by atoms with E-state index in [-0.39, 0.29) is 18.5 Å². The first-order chi connectivity index (χ1) is 13.3. The Kier molecular flexibility index (Phi) is 5.70. The van der Waals surface area contributed by atoms with Crippen LogP contribution in [0.3, 0.4) is 0 Å². The lowest BCUT2D eigenvalue weighted by atomic mass is 10.2. The van der Waals surface area contributed by atoms with Crippen LogP contribution in [0.1, 0.15) is 25.8 Å². The van der Waals surface area contributed by atoms with E-state index in [0.717, 1.165) is 16.6 Å². The van der Waals surface area contributed by atoms with Crippen LogP contribution in [0.15, 0.2) is 52.1 Å². The summed E-state index contributed by atoms with van der Waals surface area (Å²) in [5, 5.41) is 3.55. The highest BCUT2D eigenvalue weighted by Crippen LogP contribution is 2.17. The molecule has 7 heteroatoms. The minimum Gasteiger partial charge on any atom is -0.352 e. The maximum Gasteiger partial charge on any atom is 0.336 e. The summed E-state index contributed by atoms with van der Waals surface area (Å²) in [6.07, 6.45) is 0.774. The molecule has 0 unspecified atom stereocenters. The third kappa shape index (κ3) is 3.87. The normalized spacial score (nSPS) is 12.1. The average Bonchev–Trinajstić information content (AvgIpc) is 2.65. The van der Waals surface area contributed by atoms with Crippen molar-refractivity contribution in [3.8, 4) is 5.69 Å². The fourth-order valence-corrected chi connectivity index (χ4v) is 3.22. The summed E-state index contributed by atoms with van der Waals surface area (Å²) in [5.74, 6) is -0.299. The molecule has 0 saturated heterocycles. The van der Waals surface area contributed by atoms with Gasteiger partial charge in [0.25, 0.3) is 5.56 Å². The minimum atomic E-state index is -0.579. The van der Waals surface area contributed by atoms with Gasteiger partial charge in [-0.05, 0) is 56.2 Å². The summed E-state index contributed by atoms with van der Waals surface area (Å²) in [7, 11) is 0. The number of amides is 1. The van der Waals surface area contributed by atoms with Crippen LogP contribution in [-0.4, -0.2) is 21.1 Å². The second-order valence-corrected chi connectivity index (χ2v) is 7.32. The van der Waals surface area contributed by atoms with E-state index < -0.39 is 11.2 Å². The Hall–Kier alpha value is -2.86. The number of carbonyl (C=O) groups excluding carboxylic acids is 1. The fraction of sp³-hybridized carbons (Fsp3) is 0.286. The van der Waals surface area contributed by atoms with Crippen LogP contribution in [0.4, 0.5) is 0 Å². The third-order valence-corrected chi connectivity index (χ3v) is 4.92. The number of hydrogen-bond donors (Lipinski definition) is 1. The molecular weight excluding hydrogens is 378 g/mol. The van der Waals surface area contributed by atoms with Gasteiger partial charge < -0.3 is 5.32 Å². The quantitative estimate of drug-likeness (QED) is 0.716. The summed E-state index contributed by atoms with van der Waals surface area (Å²) in [6, 6.07) is 11.8. The third-order valence-electron chi connectivity index (χ3n) is 4.69. The molecule has 2 aromatic carbocycles. The van der Waals surface area contributed by atoms with E-state index in [1.165, 1.54) is 10.6 Å². The lowest BCUT2D eigenvalue weighted by molar-refractivity contribution is -0.122. The Labute approximate surface area is 167 Å². The smallest absolute Gasteiger partial charge is 0.336 e. The van der Waals surface area contributed by atoms with Crippen molar-refractivity contribution in [2.24, 2.45) is 0 Å². The highest BCUT2D eigenvalue weighted by atomic mass is 35.5. The maximum atomic E-state index is 13.2. The van der Waals surface area contributed by atoms with Crippen molar-refractivity contribution >= 4 is 28.4 Å². The van der Waals surface area contributed by atoms with Gasteiger partial charge in [-0.15, -0.1) is 0 Å². The van der Waals surface area contributed by atoms with Gasteiger partial charge in [0, 0.05) is 11.1 Å². The molecule has 146 valence electrons. The van der Waals surface area contributed by atoms with Gasteiger partial charge in [-0.25, -0.2) is 9.36 Å². The zero-order valence-corrected chi connectivity index (χ0v) is 16.8. The van der Waals surface area contributed by atoms with Crippen LogP contribution >= 0.6 is 11.6 Å². The number of aromatic nitrogens is 2. The number of carbonyl (C=O) groups is 1. The molecular formula is C21H22ClN3O3. The Bertz CT molecular complexity index is 1160. The molecule has 0 aliphatic carbocycles. The van der Waals surface area contributed by atoms with Gasteiger partial charge in [-0.3, -0.25) is 14.2 Å². The molecule has 0 radical (unpaired) electrons. The molecule has 0 bridgehead atoms. The van der Waals surface area contributed by atoms with Gasteiger partial charge in [-0.2, -0.15) is 0 Å². The zero-order chi connectivity index (χ0) is 20.4. The number of fused-ring (bicyclic) bond motifs is 1. The number of benzene rings is 2. The van der Waals surface area contributed by atoms with Crippen LogP contribution in [0.25, 0.3) is 16.6 Å². The van der Waals surface area contributed by atoms with E-state index in [1.54, 1.807) is 30.3 Å². The second kappa shape index (κ2) is 8.02. The Morgan fingerprint density at radius 3 is 2.61 bits per heavy atom. The molecule has 1 aromatic heterocycles. The molecule has 0 saturated carbocycles. The predicted octanol–water partition coefficient (Wildman–Crippen LogP) is 3.03. The molecule has 6 nitrogen and oxygen atoms in total. The molecule has 1 atom stereocenters. The molecule has 3 rings (SSSR count). The van der Waals surface area contributed by atoms with E-state index in [1.807, 2.05) is 26.8 Å². The SMILES string of the molecule is CC[C@@H](C)NC(=O)Cn1c(=O)n(-c2cccc(C)c2)c(=O)c2ccc(Cl)cc21. The number of rotatable bonds is 5. The van der Waals surface area contributed by atoms with Crippen molar-refractivity contribution in [2.45, 2.75) is 39.8 Å². The molecule has 0 aliphatic rings. The summed E-state index contributed by atoms with van der Waals surface area (Å²) in [5.41, 5.74) is 0.695. The van der Waals surface area contributed by atoms with E-state index in [0.29, 0.717) is 21.6 Å². The van der Waals surface area contributed by atoms with Crippen molar-refractivity contribution in [2.75, 3.05) is 0 Å². The molecule has 3 aromatic rings. The Morgan fingerprint density at radius 2 is 1.93 bits per heavy atom. The lowest BCUT2D eigenvalue weighted by Gasteiger charge is -2.16. The fourth-order valence-electron chi connectivity index (χ4n) is 3.05. The highest BCUT2D eigenvalue weighted by molar-refractivity contribution is 6.31. The first-order valence-corrected chi connectivity index (χ1v) is 9.51. The summed E-state index contributed by atoms with van der Waals surface area (Å²) >= 11 is 6.09. The molecule has 1 amide bonds. The lowest BCUT2D eigenvalue weighted by Crippen LogP contribution is -2.43. The average molecular weight is 400 g/mol. The molecule has 1 heterocycles. The highest BCUT2D eigenvalue weighted by Gasteiger charge is 2.17. The van der Waals surface area contributed by atoms with Gasteiger partial charge >= 0.3 is 5.69 Å². The van der Waals surface area contributed by atoms with E-state index in [4.69, 9.17) is 11.6 Å². The predicted molar refractivity (Wildman–Crippen MR) is 111 cm³/mol. The number of nitrogens with zero attached hydrogens (tertiary/aromatic N) is 2. The van der Waals surface area contributed by atoms with Crippen LogP contribution in [0.5, 0.6) is 0 Å². The maximum absolute atomic E-state index is 13.2. The van der Waals surface area contributed by atoms with Gasteiger partial charge in [0.15, 0.2) is 0 Å². The monoisotopic (exact) mass is 399 g/mol. The molecule has 1 N–H and O–H groups in total. The van der Waals surface area contributed by atoms with Crippen molar-refractivity contribution in [3.05, 3.63) is 73.9 Å². The van der Waals surface area contributed by atoms with Crippen LogP contribution in [-0.2, 0) is 11.3 Å². The molecule has 0 spiro atoms. The molecule has 0 fully saturated rings. The summed E-state index contributed by atoms with van der Waals surface area (Å²) in [6.45, 7) is 5.53. The van der Waals surface area contributed by atoms with Crippen LogP contribution < -0.4 is 16.6 Å². The number of nitrogens with one attached hydrogen (secondary N) is 1. The second-order valence-electron chi connectivity index (χ2n) is 6.89. The molecule has 28 heavy (non-hydrogen) atoms. The standard InChI is InChI=1S/C21H22ClN3O3/c1-4-14(3)23-19(26)12-24-18-11-15(22)8-9-17(18)20(27)25(21(24)28)16-7-5-6-13(2)10-16/h5-11,14H,4,12H2,1-3H3,(H,23,26)/t14-/m1/s1. The summed E-state index contributed by atoms with van der Waals surface area (Å²) < 4.78 is 2.39. The first kappa shape index (κ1) is 19.9. The first-order valence-electron chi connectivity index (χ1n) is 9.13. The van der Waals surface area contributed by atoms with E-state index >= 15 is 0 Å². The van der Waals surface area contributed by atoms with E-state index in [2.05, 4.69) is 5.32 Å². The van der Waals surface area contributed by atoms with Gasteiger partial charge in [0.2, 0.25) is 5.91 Å². The Balaban J connectivity index is 2.26. The van der Waals surface area contributed by atoms with Crippen molar-refractivity contribution in [1.29, 1.82) is 0 Å². The minimum absolute atomic E-state index is 0.0132. The zero-order valence-electron chi connectivity index (χ0n) is 16.0. The largest absolute Gasteiger partial charge is 0.352 e. The van der Waals surface area contributed by atoms with Gasteiger partial charge in [0.05, 0.1) is 16.6 Å². The number of hydrogen-bond acceptors (Lipinski definition) is 3. The number of aryl methyl sites for hydroxylation is 1. The van der Waals surface area contributed by atoms with Crippen molar-refractivity contribution < 1.29 is 4.79 Å². The van der Waals surface area contributed by atoms with Gasteiger partial charge in [0.1, 0.15) is 6.54 Å².